The Morgan fingerprint density at radius 1 is 1.14 bits per heavy atom. The molecule has 0 aliphatic heterocycles. The molecule has 9 heteroatoms. The maximum absolute atomic E-state index is 13.6. The molecule has 0 bridgehead atoms. The molecule has 1 heterocycles. The van der Waals surface area contributed by atoms with Crippen molar-refractivity contribution in [2.75, 3.05) is 26.1 Å². The molecule has 0 aliphatic carbocycles. The van der Waals surface area contributed by atoms with E-state index in [0.29, 0.717) is 22.3 Å². The van der Waals surface area contributed by atoms with Gasteiger partial charge in [0.1, 0.15) is 17.3 Å². The molecule has 0 spiro atoms. The summed E-state index contributed by atoms with van der Waals surface area (Å²) < 4.78 is 24.1. The van der Waals surface area contributed by atoms with Crippen LogP contribution in [0.15, 0.2) is 47.8 Å². The smallest absolute Gasteiger partial charge is 0.254 e. The number of halogens is 1. The van der Waals surface area contributed by atoms with E-state index in [1.165, 1.54) is 29.5 Å². The van der Waals surface area contributed by atoms with E-state index in [0.717, 1.165) is 5.56 Å². The third kappa shape index (κ3) is 4.88. The minimum absolute atomic E-state index is 0.122. The molecule has 0 unspecified atom stereocenters. The normalized spacial score (nSPS) is 10.3. The summed E-state index contributed by atoms with van der Waals surface area (Å²) >= 11 is 1.23. The number of methoxy groups -OCH3 is 2. The first kappa shape index (κ1) is 20.3. The molecule has 150 valence electrons. The Labute approximate surface area is 170 Å². The van der Waals surface area contributed by atoms with E-state index >= 15 is 0 Å². The molecule has 2 amide bonds. The number of nitrogens with zero attached hydrogens (tertiary/aromatic N) is 1. The SMILES string of the molecule is COc1ccc(-c2csc(NC(=O)CNC(=O)c3ccccc3F)n2)c(OC)c1. The Hall–Kier alpha value is -3.46. The second-order valence-corrected chi connectivity index (χ2v) is 6.67. The van der Waals surface area contributed by atoms with E-state index in [2.05, 4.69) is 15.6 Å². The zero-order valence-electron chi connectivity index (χ0n) is 15.7. The summed E-state index contributed by atoms with van der Waals surface area (Å²) in [5.74, 6) is -0.550. The van der Waals surface area contributed by atoms with Gasteiger partial charge in [0.25, 0.3) is 5.91 Å². The van der Waals surface area contributed by atoms with E-state index in [-0.39, 0.29) is 12.1 Å². The molecule has 3 rings (SSSR count). The zero-order chi connectivity index (χ0) is 20.8. The number of nitrogens with one attached hydrogen (secondary N) is 2. The summed E-state index contributed by atoms with van der Waals surface area (Å²) in [6.45, 7) is -0.312. The highest BCUT2D eigenvalue weighted by atomic mass is 32.1. The van der Waals surface area contributed by atoms with Crippen molar-refractivity contribution in [3.63, 3.8) is 0 Å². The standard InChI is InChI=1S/C20H18FN3O4S/c1-27-12-7-8-14(17(9-12)28-2)16-11-29-20(23-16)24-18(25)10-22-19(26)13-5-3-4-6-15(13)21/h3-9,11H,10H2,1-2H3,(H,22,26)(H,23,24,25). The molecule has 7 nitrogen and oxygen atoms in total. The highest BCUT2D eigenvalue weighted by Gasteiger charge is 2.15. The first-order valence-electron chi connectivity index (χ1n) is 8.52. The third-order valence-electron chi connectivity index (χ3n) is 3.96. The number of carbonyl (C=O) groups is 2. The van der Waals surface area contributed by atoms with Gasteiger partial charge in [-0.05, 0) is 24.3 Å². The molecule has 0 atom stereocenters. The molecule has 0 saturated heterocycles. The maximum atomic E-state index is 13.6. The van der Waals surface area contributed by atoms with Gasteiger partial charge in [-0.1, -0.05) is 12.1 Å². The number of aromatic nitrogens is 1. The number of amides is 2. The van der Waals surface area contributed by atoms with Crippen molar-refractivity contribution in [3.05, 3.63) is 59.2 Å². The van der Waals surface area contributed by atoms with Crippen LogP contribution in [0, 0.1) is 5.82 Å². The molecule has 1 aromatic heterocycles. The van der Waals surface area contributed by atoms with Crippen molar-refractivity contribution >= 4 is 28.3 Å². The number of thiazole rings is 1. The van der Waals surface area contributed by atoms with Crippen molar-refractivity contribution in [1.29, 1.82) is 0 Å². The van der Waals surface area contributed by atoms with Crippen LogP contribution in [0.4, 0.5) is 9.52 Å². The van der Waals surface area contributed by atoms with E-state index < -0.39 is 17.6 Å². The van der Waals surface area contributed by atoms with Crippen LogP contribution in [-0.2, 0) is 4.79 Å². The van der Waals surface area contributed by atoms with Crippen LogP contribution in [0.1, 0.15) is 10.4 Å². The first-order valence-corrected chi connectivity index (χ1v) is 9.40. The topological polar surface area (TPSA) is 89.6 Å². The van der Waals surface area contributed by atoms with Crippen LogP contribution < -0.4 is 20.1 Å². The van der Waals surface area contributed by atoms with Gasteiger partial charge in [0.05, 0.1) is 32.0 Å². The fraction of sp³-hybridized carbons (Fsp3) is 0.150. The summed E-state index contributed by atoms with van der Waals surface area (Å²) in [4.78, 5) is 28.4. The van der Waals surface area contributed by atoms with Crippen LogP contribution >= 0.6 is 11.3 Å². The monoisotopic (exact) mass is 415 g/mol. The first-order chi connectivity index (χ1) is 14.0. The molecular weight excluding hydrogens is 397 g/mol. The third-order valence-corrected chi connectivity index (χ3v) is 4.72. The minimum Gasteiger partial charge on any atom is -0.497 e. The predicted molar refractivity (Wildman–Crippen MR) is 108 cm³/mol. The molecule has 0 saturated carbocycles. The molecule has 0 aliphatic rings. The summed E-state index contributed by atoms with van der Waals surface area (Å²) in [6.07, 6.45) is 0. The molecule has 2 aromatic carbocycles. The molecule has 2 N–H and O–H groups in total. The van der Waals surface area contributed by atoms with Gasteiger partial charge < -0.3 is 20.1 Å². The lowest BCUT2D eigenvalue weighted by molar-refractivity contribution is -0.115. The van der Waals surface area contributed by atoms with Crippen molar-refractivity contribution in [2.24, 2.45) is 0 Å². The summed E-state index contributed by atoms with van der Waals surface area (Å²) in [5.41, 5.74) is 1.25. The fourth-order valence-electron chi connectivity index (χ4n) is 2.53. The lowest BCUT2D eigenvalue weighted by atomic mass is 10.1. The Bertz CT molecular complexity index is 1040. The number of anilines is 1. The number of benzene rings is 2. The van der Waals surface area contributed by atoms with Gasteiger partial charge in [0.15, 0.2) is 5.13 Å². The van der Waals surface area contributed by atoms with Gasteiger partial charge in [-0.25, -0.2) is 9.37 Å². The largest absolute Gasteiger partial charge is 0.497 e. The summed E-state index contributed by atoms with van der Waals surface area (Å²) in [7, 11) is 3.11. The van der Waals surface area contributed by atoms with Crippen molar-refractivity contribution in [2.45, 2.75) is 0 Å². The number of ether oxygens (including phenoxy) is 2. The average Bonchev–Trinajstić information content (AvgIpc) is 3.19. The van der Waals surface area contributed by atoms with Crippen LogP contribution in [0.3, 0.4) is 0 Å². The van der Waals surface area contributed by atoms with Gasteiger partial charge >= 0.3 is 0 Å². The maximum Gasteiger partial charge on any atom is 0.254 e. The zero-order valence-corrected chi connectivity index (χ0v) is 16.5. The van der Waals surface area contributed by atoms with Gasteiger partial charge in [0.2, 0.25) is 5.91 Å². The molecule has 29 heavy (non-hydrogen) atoms. The Morgan fingerprint density at radius 3 is 2.66 bits per heavy atom. The molecule has 0 radical (unpaired) electrons. The van der Waals surface area contributed by atoms with Gasteiger partial charge in [-0.3, -0.25) is 9.59 Å². The predicted octanol–water partition coefficient (Wildman–Crippen LogP) is 3.33. The van der Waals surface area contributed by atoms with Gasteiger partial charge in [-0.15, -0.1) is 11.3 Å². The summed E-state index contributed by atoms with van der Waals surface area (Å²) in [5, 5.41) is 7.13. The van der Waals surface area contributed by atoms with Crippen LogP contribution in [0.25, 0.3) is 11.3 Å². The van der Waals surface area contributed by atoms with E-state index in [1.54, 1.807) is 37.8 Å². The quantitative estimate of drug-likeness (QED) is 0.618. The van der Waals surface area contributed by atoms with Crippen molar-refractivity contribution in [3.8, 4) is 22.8 Å². The van der Waals surface area contributed by atoms with Crippen LogP contribution in [0.5, 0.6) is 11.5 Å². The minimum atomic E-state index is -0.666. The summed E-state index contributed by atoms with van der Waals surface area (Å²) in [6, 6.07) is 10.9. The number of hydrogen-bond acceptors (Lipinski definition) is 6. The molecule has 0 fully saturated rings. The van der Waals surface area contributed by atoms with E-state index in [4.69, 9.17) is 9.47 Å². The van der Waals surface area contributed by atoms with Crippen molar-refractivity contribution < 1.29 is 23.5 Å². The highest BCUT2D eigenvalue weighted by Crippen LogP contribution is 2.34. The lowest BCUT2D eigenvalue weighted by Gasteiger charge is -2.08. The van der Waals surface area contributed by atoms with Crippen LogP contribution in [-0.4, -0.2) is 37.6 Å². The highest BCUT2D eigenvalue weighted by molar-refractivity contribution is 7.14. The average molecular weight is 415 g/mol. The lowest BCUT2D eigenvalue weighted by Crippen LogP contribution is -2.33. The number of hydrogen-bond donors (Lipinski definition) is 2. The van der Waals surface area contributed by atoms with E-state index in [1.807, 2.05) is 6.07 Å². The Kier molecular flexibility index (Phi) is 6.40. The number of rotatable bonds is 7. The van der Waals surface area contributed by atoms with E-state index in [9.17, 15) is 14.0 Å². The van der Waals surface area contributed by atoms with Crippen LogP contribution in [0.2, 0.25) is 0 Å². The number of carbonyl (C=O) groups excluding carboxylic acids is 2. The fourth-order valence-corrected chi connectivity index (χ4v) is 3.26. The second-order valence-electron chi connectivity index (χ2n) is 5.81. The second kappa shape index (κ2) is 9.16. The Morgan fingerprint density at radius 2 is 1.93 bits per heavy atom. The molecular formula is C20H18FN3O4S. The van der Waals surface area contributed by atoms with Gasteiger partial charge in [0, 0.05) is 17.0 Å². The Balaban J connectivity index is 1.62. The van der Waals surface area contributed by atoms with Crippen molar-refractivity contribution in [1.82, 2.24) is 10.3 Å². The van der Waals surface area contributed by atoms with Gasteiger partial charge in [-0.2, -0.15) is 0 Å². The molecule has 3 aromatic rings.